The molecule has 0 N–H and O–H groups in total. The minimum absolute atomic E-state index is 0.234. The summed E-state index contributed by atoms with van der Waals surface area (Å²) in [5, 5.41) is 5.84. The highest BCUT2D eigenvalue weighted by atomic mass is 14.5. The molecule has 1 fully saturated rings. The fraction of sp³-hybridized carbons (Fsp3) is 0.282. The highest BCUT2D eigenvalue weighted by molar-refractivity contribution is 5.96. The fourth-order valence-corrected chi connectivity index (χ4v) is 8.73. The molecule has 4 unspecified atom stereocenters. The lowest BCUT2D eigenvalue weighted by Crippen LogP contribution is -2.44. The van der Waals surface area contributed by atoms with E-state index in [0.717, 1.165) is 25.7 Å². The summed E-state index contributed by atoms with van der Waals surface area (Å²) >= 11 is 0. The highest BCUT2D eigenvalue weighted by Gasteiger charge is 2.50. The van der Waals surface area contributed by atoms with Crippen molar-refractivity contribution in [3.05, 3.63) is 141 Å². The lowest BCUT2D eigenvalue weighted by atomic mass is 9.65. The van der Waals surface area contributed by atoms with Crippen molar-refractivity contribution in [3.8, 4) is 0 Å². The standard InChI is InChI=1S/C39H36/c1-39(2)34-23-13-12-22-32(34)38-27-17-7-6-16-26(27)33(24-35(38)39)37-30-20-10-8-18-28(30)36(25-14-4-3-5-15-25)29-19-9-11-21-31(29)37/h3-4,6-14,16-22,28,30,34-35H,5,15,23-24H2,1-2H3. The van der Waals surface area contributed by atoms with E-state index >= 15 is 0 Å². The average molecular weight is 505 g/mol. The molecule has 0 amide bonds. The Hall–Kier alpha value is -3.64. The molecular formula is C39H36. The third-order valence-electron chi connectivity index (χ3n) is 10.6. The monoisotopic (exact) mass is 504 g/mol. The van der Waals surface area contributed by atoms with Gasteiger partial charge in [-0.25, -0.2) is 0 Å². The van der Waals surface area contributed by atoms with Crippen LogP contribution < -0.4 is 20.9 Å². The zero-order valence-electron chi connectivity index (χ0n) is 23.0. The molecule has 0 heterocycles. The number of hydrogen-bond donors (Lipinski definition) is 0. The van der Waals surface area contributed by atoms with Gasteiger partial charge >= 0.3 is 0 Å². The molecule has 0 bridgehead atoms. The van der Waals surface area contributed by atoms with Crippen LogP contribution in [-0.4, -0.2) is 0 Å². The van der Waals surface area contributed by atoms with Crippen LogP contribution in [0, 0.1) is 29.1 Å². The Labute approximate surface area is 231 Å². The van der Waals surface area contributed by atoms with Crippen LogP contribution in [0.1, 0.15) is 39.5 Å². The van der Waals surface area contributed by atoms with Crippen LogP contribution in [0.4, 0.5) is 0 Å². The number of allylic oxidation sites excluding steroid dienone is 12. The molecule has 1 saturated carbocycles. The zero-order chi connectivity index (χ0) is 26.1. The molecule has 0 radical (unpaired) electrons. The third-order valence-corrected chi connectivity index (χ3v) is 10.6. The van der Waals surface area contributed by atoms with Crippen LogP contribution in [0.25, 0.3) is 22.3 Å². The summed E-state index contributed by atoms with van der Waals surface area (Å²) in [6, 6.07) is 18.6. The van der Waals surface area contributed by atoms with E-state index in [9.17, 15) is 0 Å². The molecule has 192 valence electrons. The van der Waals surface area contributed by atoms with Gasteiger partial charge in [0.2, 0.25) is 0 Å². The molecule has 2 aromatic carbocycles. The van der Waals surface area contributed by atoms with E-state index < -0.39 is 0 Å². The fourth-order valence-electron chi connectivity index (χ4n) is 8.73. The van der Waals surface area contributed by atoms with Crippen molar-refractivity contribution < 1.29 is 0 Å². The first-order chi connectivity index (χ1) is 19.1. The first-order valence-corrected chi connectivity index (χ1v) is 14.9. The molecule has 8 rings (SSSR count). The maximum absolute atomic E-state index is 2.54. The van der Waals surface area contributed by atoms with Crippen molar-refractivity contribution in [2.75, 3.05) is 0 Å². The quantitative estimate of drug-likeness (QED) is 0.457. The van der Waals surface area contributed by atoms with Crippen molar-refractivity contribution in [1.29, 1.82) is 0 Å². The Morgan fingerprint density at radius 3 is 2.00 bits per heavy atom. The van der Waals surface area contributed by atoms with Crippen LogP contribution in [0.3, 0.4) is 0 Å². The number of rotatable bonds is 2. The van der Waals surface area contributed by atoms with Crippen molar-refractivity contribution in [1.82, 2.24) is 0 Å². The predicted molar refractivity (Wildman–Crippen MR) is 164 cm³/mol. The molecular weight excluding hydrogens is 468 g/mol. The molecule has 4 atom stereocenters. The second-order valence-corrected chi connectivity index (χ2v) is 12.7. The minimum Gasteiger partial charge on any atom is -0.0842 e. The van der Waals surface area contributed by atoms with Crippen LogP contribution >= 0.6 is 0 Å². The average Bonchev–Trinajstić information content (AvgIpc) is 3.22. The Kier molecular flexibility index (Phi) is 5.18. The molecule has 2 aromatic rings. The summed E-state index contributed by atoms with van der Waals surface area (Å²) in [6.07, 6.45) is 28.1. The van der Waals surface area contributed by atoms with Gasteiger partial charge in [0.05, 0.1) is 0 Å². The van der Waals surface area contributed by atoms with E-state index in [1.54, 1.807) is 27.9 Å². The summed E-state index contributed by atoms with van der Waals surface area (Å²) in [7, 11) is 0. The second-order valence-electron chi connectivity index (χ2n) is 12.7. The van der Waals surface area contributed by atoms with Gasteiger partial charge in [-0.15, -0.1) is 0 Å². The summed E-state index contributed by atoms with van der Waals surface area (Å²) in [5.41, 5.74) is 9.67. The summed E-state index contributed by atoms with van der Waals surface area (Å²) in [6.45, 7) is 5.07. The van der Waals surface area contributed by atoms with Gasteiger partial charge < -0.3 is 0 Å². The van der Waals surface area contributed by atoms with Crippen molar-refractivity contribution in [2.45, 2.75) is 39.5 Å². The van der Waals surface area contributed by atoms with Gasteiger partial charge in [-0.3, -0.25) is 0 Å². The van der Waals surface area contributed by atoms with Crippen LogP contribution in [0.2, 0.25) is 0 Å². The summed E-state index contributed by atoms with van der Waals surface area (Å²) in [4.78, 5) is 0. The van der Waals surface area contributed by atoms with Gasteiger partial charge in [-0.2, -0.15) is 0 Å². The van der Waals surface area contributed by atoms with Crippen molar-refractivity contribution in [2.24, 2.45) is 29.1 Å². The predicted octanol–water partition coefficient (Wildman–Crippen LogP) is 6.20. The Morgan fingerprint density at radius 1 is 0.641 bits per heavy atom. The Balaban J connectivity index is 1.50. The number of hydrogen-bond acceptors (Lipinski definition) is 0. The normalized spacial score (nSPS) is 29.3. The molecule has 0 aromatic heterocycles. The topological polar surface area (TPSA) is 0 Å². The van der Waals surface area contributed by atoms with Crippen LogP contribution in [0.5, 0.6) is 0 Å². The molecule has 0 heteroatoms. The largest absolute Gasteiger partial charge is 0.0842 e. The lowest BCUT2D eigenvalue weighted by molar-refractivity contribution is 0.215. The number of benzene rings is 2. The smallest absolute Gasteiger partial charge is 0.0134 e. The Morgan fingerprint density at radius 2 is 1.28 bits per heavy atom. The molecule has 39 heavy (non-hydrogen) atoms. The number of fused-ring (bicyclic) bond motifs is 6. The van der Waals surface area contributed by atoms with E-state index in [-0.39, 0.29) is 5.41 Å². The van der Waals surface area contributed by atoms with E-state index in [4.69, 9.17) is 0 Å². The molecule has 0 aliphatic heterocycles. The van der Waals surface area contributed by atoms with Crippen molar-refractivity contribution in [3.63, 3.8) is 0 Å². The van der Waals surface area contributed by atoms with Gasteiger partial charge in [0, 0.05) is 11.8 Å². The second kappa shape index (κ2) is 8.68. The summed E-state index contributed by atoms with van der Waals surface area (Å²) < 4.78 is 0. The third kappa shape index (κ3) is 3.30. The molecule has 0 nitrogen and oxygen atoms in total. The van der Waals surface area contributed by atoms with Gasteiger partial charge in [-0.05, 0) is 97.2 Å². The van der Waals surface area contributed by atoms with E-state index in [1.165, 1.54) is 26.4 Å². The molecule has 0 spiro atoms. The first kappa shape index (κ1) is 23.3. The summed E-state index contributed by atoms with van der Waals surface area (Å²) in [5.74, 6) is 1.89. The van der Waals surface area contributed by atoms with Gasteiger partial charge in [0.15, 0.2) is 0 Å². The zero-order valence-corrected chi connectivity index (χ0v) is 23.0. The SMILES string of the molecule is CC1(C)C2CC=CC=C2C2=c3ccccc3=C(C3=c4ccccc4=C(C4=CC=CCC4)C4C=CC=CC34)CC21. The van der Waals surface area contributed by atoms with Crippen molar-refractivity contribution >= 4 is 22.3 Å². The maximum Gasteiger partial charge on any atom is 0.0134 e. The maximum atomic E-state index is 2.54. The van der Waals surface area contributed by atoms with Gasteiger partial charge in [0.1, 0.15) is 0 Å². The van der Waals surface area contributed by atoms with E-state index in [1.807, 2.05) is 0 Å². The van der Waals surface area contributed by atoms with E-state index in [0.29, 0.717) is 23.7 Å². The highest BCUT2D eigenvalue weighted by Crippen LogP contribution is 2.59. The molecule has 6 aliphatic rings. The van der Waals surface area contributed by atoms with Crippen LogP contribution in [-0.2, 0) is 0 Å². The molecule has 0 saturated heterocycles. The minimum atomic E-state index is 0.234. The van der Waals surface area contributed by atoms with Gasteiger partial charge in [0.25, 0.3) is 0 Å². The lowest BCUT2D eigenvalue weighted by Gasteiger charge is -2.38. The molecule has 6 aliphatic carbocycles. The van der Waals surface area contributed by atoms with Crippen LogP contribution in [0.15, 0.2) is 120 Å². The van der Waals surface area contributed by atoms with E-state index in [2.05, 4.69) is 123 Å². The Bertz CT molecular complexity index is 1840. The van der Waals surface area contributed by atoms with Gasteiger partial charge in [-0.1, -0.05) is 123 Å². The first-order valence-electron chi connectivity index (χ1n) is 14.9.